The van der Waals surface area contributed by atoms with E-state index in [-0.39, 0.29) is 0 Å². The predicted molar refractivity (Wildman–Crippen MR) is 395 cm³/mol. The molecular formula is C88H104N2. The normalized spacial score (nSPS) is 11.8. The summed E-state index contributed by atoms with van der Waals surface area (Å²) in [5, 5.41) is 5.15. The van der Waals surface area contributed by atoms with Crippen molar-refractivity contribution in [2.45, 2.75) is 223 Å². The van der Waals surface area contributed by atoms with Gasteiger partial charge in [0.2, 0.25) is 0 Å². The zero-order valence-corrected chi connectivity index (χ0v) is 56.9. The van der Waals surface area contributed by atoms with E-state index in [4.69, 9.17) is 0 Å². The second-order valence-electron chi connectivity index (χ2n) is 27.1. The zero-order chi connectivity index (χ0) is 62.7. The molecule has 11 rings (SSSR count). The molecule has 0 spiro atoms. The molecule has 0 aliphatic rings. The molecule has 0 N–H and O–H groups in total. The molecule has 2 heterocycles. The summed E-state index contributed by atoms with van der Waals surface area (Å²) in [6.07, 6.45) is 28.0. The molecule has 0 fully saturated rings. The summed E-state index contributed by atoms with van der Waals surface area (Å²) < 4.78 is 5.27. The van der Waals surface area contributed by atoms with Crippen molar-refractivity contribution in [2.75, 3.05) is 0 Å². The number of aromatic nitrogens is 2. The maximum Gasteiger partial charge on any atom is 0.0548 e. The Bertz CT molecular complexity index is 3720. The lowest BCUT2D eigenvalue weighted by Crippen LogP contribution is -1.99. The summed E-state index contributed by atoms with van der Waals surface area (Å²) in [6, 6.07) is 65.0. The van der Waals surface area contributed by atoms with Gasteiger partial charge in [0, 0.05) is 32.9 Å². The number of unbranched alkanes of at least 4 members (excludes halogenated alkanes) is 8. The summed E-state index contributed by atoms with van der Waals surface area (Å²) in [5.74, 6) is 0. The molecule has 2 aromatic heterocycles. The van der Waals surface area contributed by atoms with E-state index in [2.05, 4.69) is 236 Å². The van der Waals surface area contributed by atoms with Crippen molar-refractivity contribution < 1.29 is 0 Å². The van der Waals surface area contributed by atoms with E-state index in [9.17, 15) is 0 Å². The maximum absolute atomic E-state index is 2.63. The zero-order valence-electron chi connectivity index (χ0n) is 56.9. The van der Waals surface area contributed by atoms with E-state index in [0.717, 1.165) is 51.4 Å². The Hall–Kier alpha value is -7.42. The molecular weight excluding hydrogens is 1080 g/mol. The van der Waals surface area contributed by atoms with E-state index in [1.165, 1.54) is 258 Å². The van der Waals surface area contributed by atoms with Crippen molar-refractivity contribution in [1.82, 2.24) is 9.13 Å². The second-order valence-corrected chi connectivity index (χ2v) is 27.1. The summed E-state index contributed by atoms with van der Waals surface area (Å²) in [5.41, 5.74) is 32.1. The van der Waals surface area contributed by atoms with E-state index in [1.54, 1.807) is 0 Å². The highest BCUT2D eigenvalue weighted by molar-refractivity contribution is 6.19. The van der Waals surface area contributed by atoms with Crippen molar-refractivity contribution in [1.29, 1.82) is 0 Å². The molecule has 0 saturated carbocycles. The van der Waals surface area contributed by atoms with Gasteiger partial charge in [-0.1, -0.05) is 203 Å². The molecule has 0 unspecified atom stereocenters. The number of aryl methyl sites for hydroxylation is 10. The van der Waals surface area contributed by atoms with Gasteiger partial charge in [-0.15, -0.1) is 0 Å². The molecule has 9 aromatic carbocycles. The molecule has 0 amide bonds. The molecule has 2 heteroatoms. The lowest BCUT2D eigenvalue weighted by Gasteiger charge is -2.17. The van der Waals surface area contributed by atoms with Crippen LogP contribution in [0.2, 0.25) is 0 Å². The first-order chi connectivity index (χ1) is 44.0. The minimum absolute atomic E-state index is 1.11. The Morgan fingerprint density at radius 2 is 0.422 bits per heavy atom. The third-order valence-electron chi connectivity index (χ3n) is 19.4. The number of hydrogen-bond donors (Lipinski definition) is 0. The number of fused-ring (bicyclic) bond motifs is 6. The van der Waals surface area contributed by atoms with E-state index in [1.807, 2.05) is 0 Å². The van der Waals surface area contributed by atoms with E-state index in [0.29, 0.717) is 0 Å². The molecule has 0 aliphatic heterocycles. The lowest BCUT2D eigenvalue weighted by atomic mass is 9.91. The average molecular weight is 1190 g/mol. The second kappa shape index (κ2) is 30.1. The van der Waals surface area contributed by atoms with Gasteiger partial charge in [0.15, 0.2) is 0 Å². The largest absolute Gasteiger partial charge is 0.309 e. The number of hydrogen-bond acceptors (Lipinski definition) is 0. The fourth-order valence-electron chi connectivity index (χ4n) is 14.4. The SMILES string of the molecule is CCCCc1cc(CCCC)cc(-c2cc(-c3cc(CCCC)cc(CCCC)c3)cc(-n3c4ccc(C)cc4c4cc5c(cc43)c3cc(C)ccc3n5-c3cc(-c4cc(CCCC)cc(CCCC)c4)cc(-c4cc(CCCC)cc(CCCC)c4)c3)c2)c1. The summed E-state index contributed by atoms with van der Waals surface area (Å²) in [7, 11) is 0. The smallest absolute Gasteiger partial charge is 0.0548 e. The summed E-state index contributed by atoms with van der Waals surface area (Å²) in [4.78, 5) is 0. The lowest BCUT2D eigenvalue weighted by molar-refractivity contribution is 0.781. The third kappa shape index (κ3) is 14.7. The molecule has 0 aliphatic carbocycles. The van der Waals surface area contributed by atoms with Gasteiger partial charge in [-0.2, -0.15) is 0 Å². The Morgan fingerprint density at radius 3 is 0.644 bits per heavy atom. The van der Waals surface area contributed by atoms with Crippen LogP contribution in [0.3, 0.4) is 0 Å². The number of nitrogens with zero attached hydrogens (tertiary/aromatic N) is 2. The first kappa shape index (κ1) is 64.1. The van der Waals surface area contributed by atoms with Crippen molar-refractivity contribution in [3.8, 4) is 55.9 Å². The Balaban J connectivity index is 1.20. The van der Waals surface area contributed by atoms with Gasteiger partial charge in [-0.25, -0.2) is 0 Å². The van der Waals surface area contributed by atoms with E-state index < -0.39 is 0 Å². The van der Waals surface area contributed by atoms with Crippen LogP contribution in [0.25, 0.3) is 99.5 Å². The first-order valence-corrected chi connectivity index (χ1v) is 35.8. The van der Waals surface area contributed by atoms with Crippen LogP contribution in [0.1, 0.15) is 214 Å². The predicted octanol–water partition coefficient (Wildman–Crippen LogP) is 25.9. The van der Waals surface area contributed by atoms with Gasteiger partial charge in [-0.3, -0.25) is 0 Å². The maximum atomic E-state index is 2.63. The van der Waals surface area contributed by atoms with Gasteiger partial charge in [0.05, 0.1) is 22.1 Å². The quantitative estimate of drug-likeness (QED) is 0.0425. The number of rotatable bonds is 30. The third-order valence-corrected chi connectivity index (χ3v) is 19.4. The van der Waals surface area contributed by atoms with Gasteiger partial charge >= 0.3 is 0 Å². The molecule has 0 saturated heterocycles. The van der Waals surface area contributed by atoms with Crippen LogP contribution in [0.5, 0.6) is 0 Å². The fraction of sp³-hybridized carbons (Fsp3) is 0.386. The van der Waals surface area contributed by atoms with Crippen molar-refractivity contribution in [2.24, 2.45) is 0 Å². The van der Waals surface area contributed by atoms with Crippen molar-refractivity contribution in [3.63, 3.8) is 0 Å². The van der Waals surface area contributed by atoms with Crippen LogP contribution in [0.15, 0.2) is 158 Å². The van der Waals surface area contributed by atoms with E-state index >= 15 is 0 Å². The van der Waals surface area contributed by atoms with Crippen molar-refractivity contribution >= 4 is 43.6 Å². The van der Waals surface area contributed by atoms with Crippen LogP contribution < -0.4 is 0 Å². The van der Waals surface area contributed by atoms with Crippen LogP contribution in [-0.2, 0) is 51.4 Å². The number of benzene rings is 9. The highest BCUT2D eigenvalue weighted by atomic mass is 15.0. The highest BCUT2D eigenvalue weighted by Crippen LogP contribution is 2.44. The Kier molecular flexibility index (Phi) is 21.5. The molecule has 0 radical (unpaired) electrons. The summed E-state index contributed by atoms with van der Waals surface area (Å²) in [6.45, 7) is 23.1. The van der Waals surface area contributed by atoms with Crippen LogP contribution >= 0.6 is 0 Å². The van der Waals surface area contributed by atoms with Crippen LogP contribution in [0, 0.1) is 13.8 Å². The highest BCUT2D eigenvalue weighted by Gasteiger charge is 2.22. The minimum atomic E-state index is 1.11. The molecule has 0 atom stereocenters. The van der Waals surface area contributed by atoms with Crippen LogP contribution in [-0.4, -0.2) is 9.13 Å². The molecule has 11 aromatic rings. The Morgan fingerprint density at radius 1 is 0.211 bits per heavy atom. The monoisotopic (exact) mass is 1190 g/mol. The van der Waals surface area contributed by atoms with Gasteiger partial charge in [0.25, 0.3) is 0 Å². The van der Waals surface area contributed by atoms with Crippen molar-refractivity contribution in [3.05, 3.63) is 213 Å². The average Bonchev–Trinajstić information content (AvgIpc) is 1.56. The van der Waals surface area contributed by atoms with Gasteiger partial charge in [0.1, 0.15) is 0 Å². The van der Waals surface area contributed by atoms with Gasteiger partial charge in [-0.05, 0) is 278 Å². The molecule has 2 nitrogen and oxygen atoms in total. The standard InChI is InChI=1S/C88H104N2/c1-11-19-27-63-41-64(28-20-12-2)46-71(45-63)75-53-76(72-47-65(29-21-13-3)42-66(48-72)30-22-14-4)56-79(55-75)89-85-37-35-61(9)39-81(85)83-60-88-84(59-87(83)89)82-40-62(10)36-38-86(82)90(88)80-57-77(73-49-67(31-23-15-5)43-68(50-73)32-24-16-6)54-78(58-80)74-51-69(33-25-17-7)44-70(52-74)34-26-18-8/h35-60H,11-34H2,1-10H3. The minimum Gasteiger partial charge on any atom is -0.309 e. The summed E-state index contributed by atoms with van der Waals surface area (Å²) >= 11 is 0. The molecule has 0 bridgehead atoms. The topological polar surface area (TPSA) is 9.86 Å². The van der Waals surface area contributed by atoms with Gasteiger partial charge < -0.3 is 9.13 Å². The van der Waals surface area contributed by atoms with Crippen LogP contribution in [0.4, 0.5) is 0 Å². The Labute approximate surface area is 542 Å². The molecule has 90 heavy (non-hydrogen) atoms. The first-order valence-electron chi connectivity index (χ1n) is 35.8. The fourth-order valence-corrected chi connectivity index (χ4v) is 14.4. The molecule has 466 valence electrons.